The zero-order valence-corrected chi connectivity index (χ0v) is 22.0. The number of rotatable bonds is 12. The molecule has 2 bridgehead atoms. The second-order valence-electron chi connectivity index (χ2n) is 10.5. The highest BCUT2D eigenvalue weighted by Gasteiger charge is 2.79. The van der Waals surface area contributed by atoms with Crippen LogP contribution in [0.25, 0.3) is 0 Å². The molecule has 8 heteroatoms. The highest BCUT2D eigenvalue weighted by Crippen LogP contribution is 2.64. The Morgan fingerprint density at radius 3 is 2.40 bits per heavy atom. The lowest BCUT2D eigenvalue weighted by molar-refractivity contribution is -0.158. The lowest BCUT2D eigenvalue weighted by Gasteiger charge is -2.40. The Kier molecular flexibility index (Phi) is 8.16. The summed E-state index contributed by atoms with van der Waals surface area (Å²) in [6.45, 7) is 15.8. The van der Waals surface area contributed by atoms with Gasteiger partial charge in [-0.1, -0.05) is 32.4 Å². The van der Waals surface area contributed by atoms with Gasteiger partial charge in [0.15, 0.2) is 0 Å². The number of fused-ring (bicyclic) bond motifs is 1. The van der Waals surface area contributed by atoms with Crippen LogP contribution in [0.4, 0.5) is 0 Å². The molecule has 3 heterocycles. The summed E-state index contributed by atoms with van der Waals surface area (Å²) in [5.41, 5.74) is -1.87. The van der Waals surface area contributed by atoms with Crippen LogP contribution in [0.2, 0.25) is 0 Å². The van der Waals surface area contributed by atoms with E-state index in [9.17, 15) is 19.5 Å². The van der Waals surface area contributed by atoms with Crippen LogP contribution in [-0.4, -0.2) is 93.6 Å². The SMILES string of the molecule is C=CCN(C)C(=O)[C@H]1[C@H]2C(=O)N([C@H](C)CO)C(C(=O)N(CC=C)C(C)CCC)C23CC[C@]1(CC)O3. The number of hydrogen-bond acceptors (Lipinski definition) is 5. The lowest BCUT2D eigenvalue weighted by Crippen LogP contribution is -2.59. The van der Waals surface area contributed by atoms with Crippen molar-refractivity contribution in [2.45, 2.75) is 89.1 Å². The summed E-state index contributed by atoms with van der Waals surface area (Å²) < 4.78 is 6.79. The van der Waals surface area contributed by atoms with Crippen LogP contribution in [0, 0.1) is 11.8 Å². The lowest BCUT2D eigenvalue weighted by atomic mass is 9.64. The molecule has 0 saturated carbocycles. The van der Waals surface area contributed by atoms with E-state index in [0.717, 1.165) is 12.8 Å². The maximum atomic E-state index is 14.3. The van der Waals surface area contributed by atoms with E-state index in [4.69, 9.17) is 4.74 Å². The number of ether oxygens (including phenoxy) is 1. The molecule has 1 spiro atoms. The molecule has 0 aromatic carbocycles. The molecule has 8 nitrogen and oxygen atoms in total. The zero-order chi connectivity index (χ0) is 26.1. The van der Waals surface area contributed by atoms with E-state index in [1.54, 1.807) is 35.9 Å². The average Bonchev–Trinajstić information content (AvgIpc) is 3.45. The number of carbonyl (C=O) groups excluding carboxylic acids is 3. The molecule has 1 N–H and O–H groups in total. The Labute approximate surface area is 210 Å². The average molecular weight is 490 g/mol. The number of hydrogen-bond donors (Lipinski definition) is 1. The molecule has 0 aliphatic carbocycles. The van der Waals surface area contributed by atoms with E-state index in [1.165, 1.54) is 4.90 Å². The van der Waals surface area contributed by atoms with Gasteiger partial charge in [0.25, 0.3) is 0 Å². The van der Waals surface area contributed by atoms with Crippen molar-refractivity contribution in [3.05, 3.63) is 25.3 Å². The summed E-state index contributed by atoms with van der Waals surface area (Å²) in [7, 11) is 1.71. The van der Waals surface area contributed by atoms with E-state index < -0.39 is 35.1 Å². The van der Waals surface area contributed by atoms with E-state index in [-0.39, 0.29) is 30.4 Å². The van der Waals surface area contributed by atoms with Gasteiger partial charge >= 0.3 is 0 Å². The zero-order valence-electron chi connectivity index (χ0n) is 22.0. The topological polar surface area (TPSA) is 90.4 Å². The van der Waals surface area contributed by atoms with Gasteiger partial charge in [-0.15, -0.1) is 13.2 Å². The first kappa shape index (κ1) is 27.4. The van der Waals surface area contributed by atoms with Crippen LogP contribution < -0.4 is 0 Å². The highest BCUT2D eigenvalue weighted by molar-refractivity contribution is 5.99. The first-order valence-electron chi connectivity index (χ1n) is 13.0. The third kappa shape index (κ3) is 4.12. The number of amides is 3. The summed E-state index contributed by atoms with van der Waals surface area (Å²) in [4.78, 5) is 46.9. The molecule has 35 heavy (non-hydrogen) atoms. The van der Waals surface area contributed by atoms with Crippen molar-refractivity contribution in [3.63, 3.8) is 0 Å². The Hall–Kier alpha value is -2.19. The molecular formula is C27H43N3O5. The molecule has 7 atom stereocenters. The monoisotopic (exact) mass is 489 g/mol. The Morgan fingerprint density at radius 2 is 1.86 bits per heavy atom. The molecule has 3 saturated heterocycles. The minimum absolute atomic E-state index is 0.0442. The van der Waals surface area contributed by atoms with E-state index >= 15 is 0 Å². The van der Waals surface area contributed by atoms with Gasteiger partial charge in [-0.3, -0.25) is 14.4 Å². The molecule has 3 fully saturated rings. The highest BCUT2D eigenvalue weighted by atomic mass is 16.5. The number of likely N-dealkylation sites (N-methyl/N-ethyl adjacent to an activating group) is 1. The quantitative estimate of drug-likeness (QED) is 0.425. The summed E-state index contributed by atoms with van der Waals surface area (Å²) in [5.74, 6) is -2.05. The van der Waals surface area contributed by atoms with Crippen molar-refractivity contribution in [2.75, 3.05) is 26.7 Å². The maximum Gasteiger partial charge on any atom is 0.248 e. The van der Waals surface area contributed by atoms with Crippen molar-refractivity contribution >= 4 is 17.7 Å². The third-order valence-corrected chi connectivity index (χ3v) is 8.48. The first-order chi connectivity index (χ1) is 16.6. The fraction of sp³-hybridized carbons (Fsp3) is 0.741. The van der Waals surface area contributed by atoms with Crippen molar-refractivity contribution in [2.24, 2.45) is 11.8 Å². The summed E-state index contributed by atoms with van der Waals surface area (Å²) in [6, 6.07) is -1.51. The van der Waals surface area contributed by atoms with Gasteiger partial charge in [0.2, 0.25) is 17.7 Å². The number of aliphatic hydroxyl groups is 1. The molecule has 0 aromatic heterocycles. The fourth-order valence-corrected chi connectivity index (χ4v) is 6.75. The molecule has 0 aromatic rings. The number of aliphatic hydroxyl groups excluding tert-OH is 1. The molecule has 3 aliphatic heterocycles. The van der Waals surface area contributed by atoms with Gasteiger partial charge in [-0.05, 0) is 39.5 Å². The standard InChI is InChI=1S/C27H43N3O5/c1-8-12-18(5)29(16-10-3)25(34)22-27-14-13-26(11-4,35-27)20(23(32)28(7)15-9-2)21(27)24(33)30(22)19(6)17-31/h9-10,18-22,31H,2-3,8,11-17H2,1,4-7H3/t18?,19-,20-,21+,22?,26+,27?/m1/s1. The summed E-state index contributed by atoms with van der Waals surface area (Å²) in [5, 5.41) is 10.0. The minimum atomic E-state index is -1.09. The van der Waals surface area contributed by atoms with Crippen LogP contribution in [0.15, 0.2) is 25.3 Å². The van der Waals surface area contributed by atoms with Gasteiger partial charge in [-0.2, -0.15) is 0 Å². The van der Waals surface area contributed by atoms with Crippen molar-refractivity contribution in [1.29, 1.82) is 0 Å². The fourth-order valence-electron chi connectivity index (χ4n) is 6.75. The molecule has 196 valence electrons. The predicted octanol–water partition coefficient (Wildman–Crippen LogP) is 2.37. The van der Waals surface area contributed by atoms with Gasteiger partial charge in [0.1, 0.15) is 11.6 Å². The molecule has 0 radical (unpaired) electrons. The van der Waals surface area contributed by atoms with Crippen LogP contribution in [0.1, 0.15) is 59.8 Å². The minimum Gasteiger partial charge on any atom is -0.394 e. The molecule has 3 rings (SSSR count). The van der Waals surface area contributed by atoms with Crippen molar-refractivity contribution < 1.29 is 24.2 Å². The van der Waals surface area contributed by atoms with Crippen molar-refractivity contribution in [1.82, 2.24) is 14.7 Å². The largest absolute Gasteiger partial charge is 0.394 e. The van der Waals surface area contributed by atoms with E-state index in [2.05, 4.69) is 20.1 Å². The van der Waals surface area contributed by atoms with Gasteiger partial charge in [-0.25, -0.2) is 0 Å². The molecule has 3 amide bonds. The number of likely N-dealkylation sites (tertiary alicyclic amines) is 1. The maximum absolute atomic E-state index is 14.3. The second kappa shape index (κ2) is 10.4. The summed E-state index contributed by atoms with van der Waals surface area (Å²) in [6.07, 6.45) is 6.82. The van der Waals surface area contributed by atoms with Gasteiger partial charge < -0.3 is 24.5 Å². The van der Waals surface area contributed by atoms with Gasteiger partial charge in [0.05, 0.1) is 30.1 Å². The predicted molar refractivity (Wildman–Crippen MR) is 134 cm³/mol. The van der Waals surface area contributed by atoms with Crippen LogP contribution >= 0.6 is 0 Å². The van der Waals surface area contributed by atoms with Gasteiger partial charge in [0, 0.05) is 26.2 Å². The van der Waals surface area contributed by atoms with Crippen LogP contribution in [-0.2, 0) is 19.1 Å². The molecule has 3 aliphatic rings. The Morgan fingerprint density at radius 1 is 1.20 bits per heavy atom. The summed E-state index contributed by atoms with van der Waals surface area (Å²) >= 11 is 0. The third-order valence-electron chi connectivity index (χ3n) is 8.48. The van der Waals surface area contributed by atoms with Crippen LogP contribution in [0.3, 0.4) is 0 Å². The first-order valence-corrected chi connectivity index (χ1v) is 13.0. The van der Waals surface area contributed by atoms with E-state index in [1.807, 2.05) is 13.8 Å². The second-order valence-corrected chi connectivity index (χ2v) is 10.5. The Bertz CT molecular complexity index is 862. The number of carbonyl (C=O) groups is 3. The Balaban J connectivity index is 2.14. The van der Waals surface area contributed by atoms with Crippen LogP contribution in [0.5, 0.6) is 0 Å². The van der Waals surface area contributed by atoms with Crippen molar-refractivity contribution in [3.8, 4) is 0 Å². The smallest absolute Gasteiger partial charge is 0.248 e. The van der Waals surface area contributed by atoms with E-state index in [0.29, 0.717) is 32.4 Å². The number of nitrogens with zero attached hydrogens (tertiary/aromatic N) is 3. The normalized spacial score (nSPS) is 32.8. The molecule has 3 unspecified atom stereocenters. The molecular weight excluding hydrogens is 446 g/mol.